The molecule has 2 nitrogen and oxygen atoms in total. The quantitative estimate of drug-likeness (QED) is 0.858. The number of rotatable bonds is 5. The average molecular weight is 258 g/mol. The predicted molar refractivity (Wildman–Crippen MR) is 78.2 cm³/mol. The third kappa shape index (κ3) is 3.69. The Morgan fingerprint density at radius 1 is 1.26 bits per heavy atom. The van der Waals surface area contributed by atoms with Gasteiger partial charge in [0.25, 0.3) is 0 Å². The summed E-state index contributed by atoms with van der Waals surface area (Å²) in [6.07, 6.45) is 8.91. The van der Waals surface area contributed by atoms with Gasteiger partial charge in [0.2, 0.25) is 0 Å². The van der Waals surface area contributed by atoms with Crippen LogP contribution in [0.2, 0.25) is 0 Å². The fourth-order valence-electron chi connectivity index (χ4n) is 2.78. The maximum Gasteiger partial charge on any atom is 0.307 e. The van der Waals surface area contributed by atoms with Gasteiger partial charge in [-0.1, -0.05) is 37.6 Å². The van der Waals surface area contributed by atoms with Gasteiger partial charge in [-0.15, -0.1) is 0 Å². The van der Waals surface area contributed by atoms with Crippen LogP contribution in [0.15, 0.2) is 24.3 Å². The second-order valence-electron chi connectivity index (χ2n) is 5.27. The summed E-state index contributed by atoms with van der Waals surface area (Å²) < 4.78 is 0. The zero-order valence-electron chi connectivity index (χ0n) is 11.6. The first-order valence-corrected chi connectivity index (χ1v) is 7.23. The van der Waals surface area contributed by atoms with Crippen LogP contribution in [0.4, 0.5) is 0 Å². The first-order chi connectivity index (χ1) is 9.20. The summed E-state index contributed by atoms with van der Waals surface area (Å²) in [5, 5.41) is 8.82. The van der Waals surface area contributed by atoms with E-state index in [9.17, 15) is 4.79 Å². The highest BCUT2D eigenvalue weighted by Gasteiger charge is 2.11. The van der Waals surface area contributed by atoms with Crippen LogP contribution in [0, 0.1) is 0 Å². The lowest BCUT2D eigenvalue weighted by Gasteiger charge is -2.17. The van der Waals surface area contributed by atoms with Crippen molar-refractivity contribution in [3.8, 4) is 0 Å². The van der Waals surface area contributed by atoms with Crippen LogP contribution in [0.1, 0.15) is 55.7 Å². The molecule has 2 rings (SSSR count). The molecule has 0 heterocycles. The van der Waals surface area contributed by atoms with Crippen molar-refractivity contribution < 1.29 is 9.90 Å². The van der Waals surface area contributed by atoms with Crippen LogP contribution < -0.4 is 0 Å². The summed E-state index contributed by atoms with van der Waals surface area (Å²) in [4.78, 5) is 10.7. The number of fused-ring (bicyclic) bond motifs is 1. The molecule has 102 valence electrons. The second-order valence-corrected chi connectivity index (χ2v) is 5.27. The van der Waals surface area contributed by atoms with Gasteiger partial charge in [-0.05, 0) is 54.4 Å². The Morgan fingerprint density at radius 2 is 2.00 bits per heavy atom. The maximum atomic E-state index is 10.7. The van der Waals surface area contributed by atoms with Crippen molar-refractivity contribution in [2.45, 2.75) is 51.9 Å². The summed E-state index contributed by atoms with van der Waals surface area (Å²) in [6, 6.07) is 6.67. The number of carbonyl (C=O) groups is 1. The number of hydrogen-bond donors (Lipinski definition) is 1. The standard InChI is InChI=1S/C17H22O2/c1-2-5-13(10-11-17(18)19)16-9-8-14-6-3-4-7-15(14)12-16/h8-10,12H,2-7,11H2,1H3,(H,18,19)/b13-10+. The molecule has 0 unspecified atom stereocenters. The first kappa shape index (κ1) is 13.9. The van der Waals surface area contributed by atoms with Crippen LogP contribution in [0.3, 0.4) is 0 Å². The molecule has 1 aromatic rings. The summed E-state index contributed by atoms with van der Waals surface area (Å²) in [5.74, 6) is -0.758. The minimum Gasteiger partial charge on any atom is -0.481 e. The summed E-state index contributed by atoms with van der Waals surface area (Å²) in [5.41, 5.74) is 5.33. The molecule has 1 aliphatic carbocycles. The predicted octanol–water partition coefficient (Wildman–Crippen LogP) is 4.22. The fraction of sp³-hybridized carbons (Fsp3) is 0.471. The number of allylic oxidation sites excluding steroid dienone is 1. The Bertz CT molecular complexity index is 486. The molecule has 0 aliphatic heterocycles. The molecule has 0 aromatic heterocycles. The van der Waals surface area contributed by atoms with E-state index in [1.807, 2.05) is 6.08 Å². The van der Waals surface area contributed by atoms with E-state index in [1.165, 1.54) is 47.9 Å². The Kier molecular flexibility index (Phi) is 4.78. The Balaban J connectivity index is 2.26. The Labute approximate surface area is 115 Å². The molecule has 0 saturated carbocycles. The third-order valence-corrected chi connectivity index (χ3v) is 3.76. The summed E-state index contributed by atoms with van der Waals surface area (Å²) >= 11 is 0. The molecular formula is C17H22O2. The van der Waals surface area contributed by atoms with Crippen LogP contribution >= 0.6 is 0 Å². The number of carboxylic acids is 1. The molecular weight excluding hydrogens is 236 g/mol. The average Bonchev–Trinajstić information content (AvgIpc) is 2.42. The number of hydrogen-bond acceptors (Lipinski definition) is 1. The lowest BCUT2D eigenvalue weighted by Crippen LogP contribution is -2.03. The fourth-order valence-corrected chi connectivity index (χ4v) is 2.78. The van der Waals surface area contributed by atoms with Crippen LogP contribution in [-0.4, -0.2) is 11.1 Å². The van der Waals surface area contributed by atoms with E-state index < -0.39 is 5.97 Å². The highest BCUT2D eigenvalue weighted by atomic mass is 16.4. The van der Waals surface area contributed by atoms with E-state index in [4.69, 9.17) is 5.11 Å². The molecule has 0 fully saturated rings. The summed E-state index contributed by atoms with van der Waals surface area (Å²) in [7, 11) is 0. The topological polar surface area (TPSA) is 37.3 Å². The molecule has 1 N–H and O–H groups in total. The normalized spacial score (nSPS) is 15.1. The van der Waals surface area contributed by atoms with Crippen LogP contribution in [0.25, 0.3) is 5.57 Å². The highest BCUT2D eigenvalue weighted by molar-refractivity contribution is 5.74. The van der Waals surface area contributed by atoms with E-state index in [1.54, 1.807) is 0 Å². The second kappa shape index (κ2) is 6.55. The van der Waals surface area contributed by atoms with Gasteiger partial charge in [-0.3, -0.25) is 4.79 Å². The first-order valence-electron chi connectivity index (χ1n) is 7.23. The molecule has 0 saturated heterocycles. The van der Waals surface area contributed by atoms with Crippen molar-refractivity contribution in [2.75, 3.05) is 0 Å². The zero-order chi connectivity index (χ0) is 13.7. The molecule has 1 aromatic carbocycles. The van der Waals surface area contributed by atoms with Crippen molar-refractivity contribution in [1.82, 2.24) is 0 Å². The van der Waals surface area contributed by atoms with E-state index in [0.717, 1.165) is 12.8 Å². The number of carboxylic acid groups (broad SMARTS) is 1. The lowest BCUT2D eigenvalue weighted by atomic mass is 9.88. The Morgan fingerprint density at radius 3 is 2.68 bits per heavy atom. The van der Waals surface area contributed by atoms with Crippen LogP contribution in [0.5, 0.6) is 0 Å². The van der Waals surface area contributed by atoms with Gasteiger partial charge in [0, 0.05) is 0 Å². The van der Waals surface area contributed by atoms with Crippen molar-refractivity contribution >= 4 is 11.5 Å². The zero-order valence-corrected chi connectivity index (χ0v) is 11.6. The SMILES string of the molecule is CCC/C(=C\CC(=O)O)c1ccc2c(c1)CCCC2. The molecule has 0 spiro atoms. The van der Waals surface area contributed by atoms with Gasteiger partial charge in [0.15, 0.2) is 0 Å². The van der Waals surface area contributed by atoms with Gasteiger partial charge < -0.3 is 5.11 Å². The van der Waals surface area contributed by atoms with Gasteiger partial charge in [0.1, 0.15) is 0 Å². The Hall–Kier alpha value is -1.57. The van der Waals surface area contributed by atoms with E-state index in [2.05, 4.69) is 25.1 Å². The minimum absolute atomic E-state index is 0.117. The van der Waals surface area contributed by atoms with Crippen molar-refractivity contribution in [3.63, 3.8) is 0 Å². The van der Waals surface area contributed by atoms with E-state index in [0.29, 0.717) is 0 Å². The molecule has 0 radical (unpaired) electrons. The van der Waals surface area contributed by atoms with Gasteiger partial charge in [-0.25, -0.2) is 0 Å². The highest BCUT2D eigenvalue weighted by Crippen LogP contribution is 2.27. The molecule has 2 heteroatoms. The summed E-state index contributed by atoms with van der Waals surface area (Å²) in [6.45, 7) is 2.13. The van der Waals surface area contributed by atoms with Crippen molar-refractivity contribution in [2.24, 2.45) is 0 Å². The smallest absolute Gasteiger partial charge is 0.307 e. The largest absolute Gasteiger partial charge is 0.481 e. The molecule has 1 aliphatic rings. The van der Waals surface area contributed by atoms with Gasteiger partial charge >= 0.3 is 5.97 Å². The van der Waals surface area contributed by atoms with E-state index >= 15 is 0 Å². The van der Waals surface area contributed by atoms with Crippen molar-refractivity contribution in [3.05, 3.63) is 41.0 Å². The number of aryl methyl sites for hydroxylation is 2. The van der Waals surface area contributed by atoms with Crippen LogP contribution in [-0.2, 0) is 17.6 Å². The number of aliphatic carboxylic acids is 1. The minimum atomic E-state index is -0.758. The van der Waals surface area contributed by atoms with Crippen molar-refractivity contribution in [1.29, 1.82) is 0 Å². The number of benzene rings is 1. The monoisotopic (exact) mass is 258 g/mol. The molecule has 0 amide bonds. The lowest BCUT2D eigenvalue weighted by molar-refractivity contribution is -0.135. The van der Waals surface area contributed by atoms with E-state index in [-0.39, 0.29) is 6.42 Å². The molecule has 0 atom stereocenters. The third-order valence-electron chi connectivity index (χ3n) is 3.76. The van der Waals surface area contributed by atoms with Gasteiger partial charge in [-0.2, -0.15) is 0 Å². The van der Waals surface area contributed by atoms with Gasteiger partial charge in [0.05, 0.1) is 6.42 Å². The molecule has 0 bridgehead atoms. The maximum absolute atomic E-state index is 10.7. The molecule has 19 heavy (non-hydrogen) atoms.